The number of hydrogen-bond donors (Lipinski definition) is 4. The van der Waals surface area contributed by atoms with Gasteiger partial charge in [-0.25, -0.2) is 0 Å². The molecule has 0 aliphatic carbocycles. The minimum absolute atomic E-state index is 0.115. The van der Waals surface area contributed by atoms with Crippen molar-refractivity contribution < 1.29 is 10.2 Å². The smallest absolute Gasteiger partial charge is 0.255 e. The Kier molecular flexibility index (Phi) is 3.56. The Morgan fingerprint density at radius 3 is 2.64 bits per heavy atom. The second-order valence-electron chi connectivity index (χ2n) is 3.05. The van der Waals surface area contributed by atoms with Crippen LogP contribution in [0.2, 0.25) is 0 Å². The molecule has 78 valence electrons. The number of aryl methyl sites for hydroxylation is 1. The molecule has 0 saturated carbocycles. The lowest BCUT2D eigenvalue weighted by Crippen LogP contribution is -2.24. The molecule has 5 nitrogen and oxygen atoms in total. The quantitative estimate of drug-likeness (QED) is 0.519. The van der Waals surface area contributed by atoms with E-state index in [4.69, 9.17) is 17.3 Å². The van der Waals surface area contributed by atoms with Crippen LogP contribution in [0.25, 0.3) is 0 Å². The molecule has 6 heteroatoms. The van der Waals surface area contributed by atoms with Crippen LogP contribution in [0.5, 0.6) is 0 Å². The van der Waals surface area contributed by atoms with Gasteiger partial charge in [0.15, 0.2) is 4.77 Å². The van der Waals surface area contributed by atoms with Crippen molar-refractivity contribution in [1.29, 1.82) is 0 Å². The van der Waals surface area contributed by atoms with Gasteiger partial charge in [-0.3, -0.25) is 9.78 Å². The highest BCUT2D eigenvalue weighted by atomic mass is 32.1. The van der Waals surface area contributed by atoms with Crippen molar-refractivity contribution in [3.05, 3.63) is 26.4 Å². The summed E-state index contributed by atoms with van der Waals surface area (Å²) < 4.78 is 0.259. The minimum Gasteiger partial charge on any atom is -0.394 e. The van der Waals surface area contributed by atoms with Crippen molar-refractivity contribution in [2.45, 2.75) is 19.4 Å². The molecule has 0 saturated heterocycles. The number of H-pyrrole nitrogens is 2. The van der Waals surface area contributed by atoms with Crippen molar-refractivity contribution in [3.8, 4) is 0 Å². The first-order chi connectivity index (χ1) is 6.54. The fourth-order valence-corrected chi connectivity index (χ4v) is 1.42. The second-order valence-corrected chi connectivity index (χ2v) is 3.46. The summed E-state index contributed by atoms with van der Waals surface area (Å²) in [7, 11) is 0. The molecule has 0 bridgehead atoms. The van der Waals surface area contributed by atoms with E-state index in [0.29, 0.717) is 11.3 Å². The zero-order valence-electron chi connectivity index (χ0n) is 7.70. The summed E-state index contributed by atoms with van der Waals surface area (Å²) in [6.45, 7) is 1.33. The number of aromatic amines is 2. The number of nitrogens with one attached hydrogen (secondary N) is 2. The Hall–Kier alpha value is -0.980. The monoisotopic (exact) mass is 216 g/mol. The maximum Gasteiger partial charge on any atom is 0.255 e. The first-order valence-corrected chi connectivity index (χ1v) is 4.56. The summed E-state index contributed by atoms with van der Waals surface area (Å²) in [5.74, 6) is 0. The van der Waals surface area contributed by atoms with E-state index in [-0.39, 0.29) is 23.4 Å². The van der Waals surface area contributed by atoms with Crippen LogP contribution in [-0.4, -0.2) is 32.9 Å². The van der Waals surface area contributed by atoms with Crippen LogP contribution in [0.3, 0.4) is 0 Å². The summed E-state index contributed by atoms with van der Waals surface area (Å²) in [5.41, 5.74) is 0.713. The maximum atomic E-state index is 11.4. The second kappa shape index (κ2) is 4.50. The molecule has 4 N–H and O–H groups in total. The minimum atomic E-state index is -0.917. The number of aliphatic hydroxyl groups excluding tert-OH is 2. The van der Waals surface area contributed by atoms with Crippen molar-refractivity contribution in [1.82, 2.24) is 9.97 Å². The number of aliphatic hydroxyl groups is 2. The van der Waals surface area contributed by atoms with Gasteiger partial charge in [-0.1, -0.05) is 0 Å². The third-order valence-electron chi connectivity index (χ3n) is 1.91. The molecule has 0 aliphatic heterocycles. The average molecular weight is 216 g/mol. The Morgan fingerprint density at radius 1 is 1.50 bits per heavy atom. The van der Waals surface area contributed by atoms with E-state index in [1.54, 1.807) is 6.92 Å². The zero-order valence-corrected chi connectivity index (χ0v) is 8.52. The average Bonchev–Trinajstić information content (AvgIpc) is 2.10. The summed E-state index contributed by atoms with van der Waals surface area (Å²) in [6.07, 6.45) is -0.803. The van der Waals surface area contributed by atoms with E-state index in [2.05, 4.69) is 9.97 Å². The highest BCUT2D eigenvalue weighted by molar-refractivity contribution is 7.71. The standard InChI is InChI=1S/C8H12N2O3S/c1-4-6(2-5(12)3-11)7(13)10-8(14)9-4/h5,11-12H,2-3H2,1H3,(H2,9,10,13,14). The molecule has 14 heavy (non-hydrogen) atoms. The summed E-state index contributed by atoms with van der Waals surface area (Å²) in [5, 5.41) is 17.8. The normalized spacial score (nSPS) is 12.8. The zero-order chi connectivity index (χ0) is 10.7. The third kappa shape index (κ3) is 2.50. The van der Waals surface area contributed by atoms with Gasteiger partial charge in [-0.05, 0) is 19.1 Å². The highest BCUT2D eigenvalue weighted by Crippen LogP contribution is 2.01. The maximum absolute atomic E-state index is 11.4. The SMILES string of the molecule is Cc1[nH]c(=S)[nH]c(=O)c1CC(O)CO. The van der Waals surface area contributed by atoms with Gasteiger partial charge in [0.05, 0.1) is 12.7 Å². The van der Waals surface area contributed by atoms with Crippen LogP contribution in [0.4, 0.5) is 0 Å². The molecule has 0 spiro atoms. The van der Waals surface area contributed by atoms with Crippen LogP contribution in [0, 0.1) is 11.7 Å². The summed E-state index contributed by atoms with van der Waals surface area (Å²) in [4.78, 5) is 16.6. The van der Waals surface area contributed by atoms with Crippen molar-refractivity contribution in [3.63, 3.8) is 0 Å². The fourth-order valence-electron chi connectivity index (χ4n) is 1.17. The molecule has 0 aromatic carbocycles. The van der Waals surface area contributed by atoms with Crippen molar-refractivity contribution >= 4 is 12.2 Å². The Morgan fingerprint density at radius 2 is 2.14 bits per heavy atom. The van der Waals surface area contributed by atoms with Gasteiger partial charge in [-0.2, -0.15) is 0 Å². The van der Waals surface area contributed by atoms with E-state index in [9.17, 15) is 9.90 Å². The lowest BCUT2D eigenvalue weighted by atomic mass is 10.1. The van der Waals surface area contributed by atoms with Gasteiger partial charge in [0.1, 0.15) is 0 Å². The van der Waals surface area contributed by atoms with Crippen LogP contribution in [0.15, 0.2) is 4.79 Å². The molecule has 1 aromatic rings. The molecule has 1 atom stereocenters. The topological polar surface area (TPSA) is 89.1 Å². The van der Waals surface area contributed by atoms with Gasteiger partial charge in [-0.15, -0.1) is 0 Å². The molecule has 0 amide bonds. The summed E-state index contributed by atoms with van der Waals surface area (Å²) >= 11 is 4.77. The highest BCUT2D eigenvalue weighted by Gasteiger charge is 2.10. The number of rotatable bonds is 3. The number of aromatic nitrogens is 2. The van der Waals surface area contributed by atoms with E-state index in [1.165, 1.54) is 0 Å². The lowest BCUT2D eigenvalue weighted by Gasteiger charge is -2.08. The van der Waals surface area contributed by atoms with E-state index >= 15 is 0 Å². The molecule has 1 unspecified atom stereocenters. The largest absolute Gasteiger partial charge is 0.394 e. The van der Waals surface area contributed by atoms with Crippen LogP contribution in [0.1, 0.15) is 11.3 Å². The van der Waals surface area contributed by atoms with Crippen LogP contribution < -0.4 is 5.56 Å². The Labute approximate surface area is 85.4 Å². The van der Waals surface area contributed by atoms with Gasteiger partial charge in [0.25, 0.3) is 5.56 Å². The number of hydrogen-bond acceptors (Lipinski definition) is 4. The predicted molar refractivity (Wildman–Crippen MR) is 53.8 cm³/mol. The van der Waals surface area contributed by atoms with Crippen molar-refractivity contribution in [2.75, 3.05) is 6.61 Å². The molecular weight excluding hydrogens is 204 g/mol. The van der Waals surface area contributed by atoms with Crippen LogP contribution in [-0.2, 0) is 6.42 Å². The van der Waals surface area contributed by atoms with Gasteiger partial charge >= 0.3 is 0 Å². The first kappa shape index (κ1) is 11.1. The van der Waals surface area contributed by atoms with E-state index in [1.807, 2.05) is 0 Å². The predicted octanol–water partition coefficient (Wildman–Crippen LogP) is -0.363. The molecule has 1 heterocycles. The molecule has 0 fully saturated rings. The third-order valence-corrected chi connectivity index (χ3v) is 2.11. The first-order valence-electron chi connectivity index (χ1n) is 4.15. The Balaban J connectivity index is 3.09. The Bertz CT molecular complexity index is 423. The molecule has 0 radical (unpaired) electrons. The molecule has 0 aliphatic rings. The fraction of sp³-hybridized carbons (Fsp3) is 0.500. The van der Waals surface area contributed by atoms with Crippen LogP contribution >= 0.6 is 12.2 Å². The van der Waals surface area contributed by atoms with Crippen molar-refractivity contribution in [2.24, 2.45) is 0 Å². The van der Waals surface area contributed by atoms with E-state index < -0.39 is 6.10 Å². The van der Waals surface area contributed by atoms with Gasteiger partial charge < -0.3 is 15.2 Å². The molecule has 1 rings (SSSR count). The van der Waals surface area contributed by atoms with Gasteiger partial charge in [0, 0.05) is 17.7 Å². The van der Waals surface area contributed by atoms with E-state index in [0.717, 1.165) is 0 Å². The lowest BCUT2D eigenvalue weighted by molar-refractivity contribution is 0.0950. The summed E-state index contributed by atoms with van der Waals surface area (Å²) in [6, 6.07) is 0. The molecule has 1 aromatic heterocycles. The molecular formula is C8H12N2O3S. The van der Waals surface area contributed by atoms with Gasteiger partial charge in [0.2, 0.25) is 0 Å².